The van der Waals surface area contributed by atoms with Crippen molar-refractivity contribution < 1.29 is 14.3 Å². The van der Waals surface area contributed by atoms with Crippen LogP contribution in [0.3, 0.4) is 0 Å². The molecule has 0 aromatic heterocycles. The van der Waals surface area contributed by atoms with Crippen LogP contribution < -0.4 is 5.73 Å². The summed E-state index contributed by atoms with van der Waals surface area (Å²) in [6, 6.07) is 0.225. The van der Waals surface area contributed by atoms with Crippen molar-refractivity contribution in [3.05, 3.63) is 0 Å². The lowest BCUT2D eigenvalue weighted by atomic mass is 9.99. The number of hydrogen-bond acceptors (Lipinski definition) is 5. The molecule has 0 spiro atoms. The standard InChI is InChI=1S/C10H20N2O3/c1-14-9-3-4-12(7-10(13)15-2)8(5-9)6-11/h8-9H,3-7,11H2,1-2H3. The highest BCUT2D eigenvalue weighted by molar-refractivity contribution is 5.71. The molecule has 88 valence electrons. The second-order valence-corrected chi connectivity index (χ2v) is 3.82. The van der Waals surface area contributed by atoms with Gasteiger partial charge in [-0.3, -0.25) is 9.69 Å². The van der Waals surface area contributed by atoms with Crippen molar-refractivity contribution in [1.29, 1.82) is 0 Å². The van der Waals surface area contributed by atoms with E-state index < -0.39 is 0 Å². The quantitative estimate of drug-likeness (QED) is 0.648. The largest absolute Gasteiger partial charge is 0.468 e. The van der Waals surface area contributed by atoms with Gasteiger partial charge < -0.3 is 15.2 Å². The number of methoxy groups -OCH3 is 2. The van der Waals surface area contributed by atoms with Crippen LogP contribution in [0.5, 0.6) is 0 Å². The minimum atomic E-state index is -0.204. The van der Waals surface area contributed by atoms with Gasteiger partial charge in [0.15, 0.2) is 0 Å². The molecule has 0 radical (unpaired) electrons. The Kier molecular flexibility index (Phi) is 5.01. The second kappa shape index (κ2) is 6.05. The van der Waals surface area contributed by atoms with Gasteiger partial charge in [-0.05, 0) is 12.8 Å². The first kappa shape index (κ1) is 12.4. The van der Waals surface area contributed by atoms with Crippen LogP contribution in [0.15, 0.2) is 0 Å². The van der Waals surface area contributed by atoms with E-state index in [2.05, 4.69) is 9.64 Å². The smallest absolute Gasteiger partial charge is 0.319 e. The topological polar surface area (TPSA) is 64.8 Å². The van der Waals surface area contributed by atoms with Crippen LogP contribution >= 0.6 is 0 Å². The van der Waals surface area contributed by atoms with Crippen molar-refractivity contribution in [1.82, 2.24) is 4.90 Å². The fraction of sp³-hybridized carbons (Fsp3) is 0.900. The number of esters is 1. The minimum Gasteiger partial charge on any atom is -0.468 e. The first-order valence-corrected chi connectivity index (χ1v) is 5.25. The Morgan fingerprint density at radius 2 is 2.27 bits per heavy atom. The maximum absolute atomic E-state index is 11.2. The minimum absolute atomic E-state index is 0.204. The molecule has 2 N–H and O–H groups in total. The third-order valence-electron chi connectivity index (χ3n) is 2.95. The summed E-state index contributed by atoms with van der Waals surface area (Å²) in [5, 5.41) is 0. The lowest BCUT2D eigenvalue weighted by molar-refractivity contribution is -0.143. The van der Waals surface area contributed by atoms with Crippen molar-refractivity contribution in [2.24, 2.45) is 5.73 Å². The first-order chi connectivity index (χ1) is 7.21. The van der Waals surface area contributed by atoms with E-state index in [-0.39, 0.29) is 18.1 Å². The Labute approximate surface area is 90.5 Å². The highest BCUT2D eigenvalue weighted by atomic mass is 16.5. The molecule has 0 aromatic rings. The molecular formula is C10H20N2O3. The summed E-state index contributed by atoms with van der Waals surface area (Å²) in [5.41, 5.74) is 5.68. The Balaban J connectivity index is 2.47. The molecule has 1 aliphatic heterocycles. The fourth-order valence-corrected chi connectivity index (χ4v) is 1.96. The van der Waals surface area contributed by atoms with E-state index in [0.717, 1.165) is 19.4 Å². The van der Waals surface area contributed by atoms with Crippen LogP contribution in [0.25, 0.3) is 0 Å². The summed E-state index contributed by atoms with van der Waals surface area (Å²) < 4.78 is 9.95. The zero-order chi connectivity index (χ0) is 11.3. The van der Waals surface area contributed by atoms with Crippen molar-refractivity contribution in [2.45, 2.75) is 25.0 Å². The molecule has 0 bridgehead atoms. The molecule has 1 heterocycles. The maximum atomic E-state index is 11.2. The Hall–Kier alpha value is -0.650. The van der Waals surface area contributed by atoms with Crippen LogP contribution in [0.1, 0.15) is 12.8 Å². The summed E-state index contributed by atoms with van der Waals surface area (Å²) in [6.45, 7) is 1.72. The molecule has 0 amide bonds. The van der Waals surface area contributed by atoms with Gasteiger partial charge >= 0.3 is 5.97 Å². The number of likely N-dealkylation sites (tertiary alicyclic amines) is 1. The normalized spacial score (nSPS) is 27.7. The first-order valence-electron chi connectivity index (χ1n) is 5.25. The highest BCUT2D eigenvalue weighted by Crippen LogP contribution is 2.18. The van der Waals surface area contributed by atoms with Gasteiger partial charge in [0.2, 0.25) is 0 Å². The molecule has 15 heavy (non-hydrogen) atoms. The van der Waals surface area contributed by atoms with Crippen LogP contribution in [-0.4, -0.2) is 56.9 Å². The van der Waals surface area contributed by atoms with E-state index in [1.165, 1.54) is 7.11 Å². The van der Waals surface area contributed by atoms with Gasteiger partial charge in [0.1, 0.15) is 0 Å². The van der Waals surface area contributed by atoms with Gasteiger partial charge in [-0.15, -0.1) is 0 Å². The van der Waals surface area contributed by atoms with E-state index in [4.69, 9.17) is 10.5 Å². The number of rotatable bonds is 4. The van der Waals surface area contributed by atoms with E-state index in [1.807, 2.05) is 0 Å². The summed E-state index contributed by atoms with van der Waals surface area (Å²) in [7, 11) is 3.12. The molecule has 1 aliphatic rings. The van der Waals surface area contributed by atoms with Crippen LogP contribution in [-0.2, 0) is 14.3 Å². The van der Waals surface area contributed by atoms with E-state index in [1.54, 1.807) is 7.11 Å². The lowest BCUT2D eigenvalue weighted by Gasteiger charge is -2.37. The van der Waals surface area contributed by atoms with Crippen molar-refractivity contribution in [3.63, 3.8) is 0 Å². The van der Waals surface area contributed by atoms with E-state index in [9.17, 15) is 4.79 Å². The third-order valence-corrected chi connectivity index (χ3v) is 2.95. The average Bonchev–Trinajstić information content (AvgIpc) is 2.29. The van der Waals surface area contributed by atoms with Crippen molar-refractivity contribution >= 4 is 5.97 Å². The molecule has 2 unspecified atom stereocenters. The molecular weight excluding hydrogens is 196 g/mol. The van der Waals surface area contributed by atoms with Gasteiger partial charge in [0.05, 0.1) is 19.8 Å². The summed E-state index contributed by atoms with van der Waals surface area (Å²) in [4.78, 5) is 13.2. The molecule has 5 nitrogen and oxygen atoms in total. The number of carbonyl (C=O) groups is 1. The zero-order valence-electron chi connectivity index (χ0n) is 9.44. The fourth-order valence-electron chi connectivity index (χ4n) is 1.96. The average molecular weight is 216 g/mol. The van der Waals surface area contributed by atoms with Crippen molar-refractivity contribution in [2.75, 3.05) is 33.9 Å². The van der Waals surface area contributed by atoms with Crippen LogP contribution in [0, 0.1) is 0 Å². The Bertz CT molecular complexity index is 211. The van der Waals surface area contributed by atoms with E-state index in [0.29, 0.717) is 13.1 Å². The monoisotopic (exact) mass is 216 g/mol. The number of nitrogens with two attached hydrogens (primary N) is 1. The lowest BCUT2D eigenvalue weighted by Crippen LogP contribution is -2.50. The number of nitrogens with zero attached hydrogens (tertiary/aromatic N) is 1. The predicted molar refractivity (Wildman–Crippen MR) is 56.5 cm³/mol. The van der Waals surface area contributed by atoms with Gasteiger partial charge in [-0.2, -0.15) is 0 Å². The van der Waals surface area contributed by atoms with E-state index >= 15 is 0 Å². The molecule has 1 saturated heterocycles. The van der Waals surface area contributed by atoms with Crippen molar-refractivity contribution in [3.8, 4) is 0 Å². The highest BCUT2D eigenvalue weighted by Gasteiger charge is 2.28. The zero-order valence-corrected chi connectivity index (χ0v) is 9.44. The Morgan fingerprint density at radius 3 is 2.80 bits per heavy atom. The maximum Gasteiger partial charge on any atom is 0.319 e. The Morgan fingerprint density at radius 1 is 1.53 bits per heavy atom. The van der Waals surface area contributed by atoms with Gasteiger partial charge in [0, 0.05) is 26.2 Å². The number of hydrogen-bond donors (Lipinski definition) is 1. The summed E-state index contributed by atoms with van der Waals surface area (Å²) >= 11 is 0. The molecule has 0 saturated carbocycles. The SMILES string of the molecule is COC(=O)CN1CCC(OC)CC1CN. The summed E-state index contributed by atoms with van der Waals surface area (Å²) in [6.07, 6.45) is 2.11. The van der Waals surface area contributed by atoms with Crippen LogP contribution in [0.2, 0.25) is 0 Å². The molecule has 1 fully saturated rings. The molecule has 5 heteroatoms. The molecule has 2 atom stereocenters. The molecule has 0 aliphatic carbocycles. The number of ether oxygens (including phenoxy) is 2. The molecule has 1 rings (SSSR count). The number of piperidine rings is 1. The second-order valence-electron chi connectivity index (χ2n) is 3.82. The van der Waals surface area contributed by atoms with Crippen LogP contribution in [0.4, 0.5) is 0 Å². The summed E-state index contributed by atoms with van der Waals surface area (Å²) in [5.74, 6) is -0.204. The number of carbonyl (C=O) groups excluding carboxylic acids is 1. The van der Waals surface area contributed by atoms with Gasteiger partial charge in [-0.1, -0.05) is 0 Å². The van der Waals surface area contributed by atoms with Gasteiger partial charge in [-0.25, -0.2) is 0 Å². The third kappa shape index (κ3) is 3.44. The molecule has 0 aromatic carbocycles. The predicted octanol–water partition coefficient (Wildman–Crippen LogP) is -0.402. The van der Waals surface area contributed by atoms with Gasteiger partial charge in [0.25, 0.3) is 0 Å².